The zero-order valence-corrected chi connectivity index (χ0v) is 18.9. The third kappa shape index (κ3) is 4.07. The summed E-state index contributed by atoms with van der Waals surface area (Å²) in [6.07, 6.45) is 0.208. The van der Waals surface area contributed by atoms with Gasteiger partial charge in [0.2, 0.25) is 5.91 Å². The number of ether oxygens (including phenoxy) is 2. The van der Waals surface area contributed by atoms with E-state index in [9.17, 15) is 9.18 Å². The molecular weight excluding hydrogens is 405 g/mol. The van der Waals surface area contributed by atoms with Gasteiger partial charge in [-0.25, -0.2) is 4.39 Å². The molecule has 0 spiro atoms. The second kappa shape index (κ2) is 9.03. The Labute approximate surface area is 188 Å². The van der Waals surface area contributed by atoms with Crippen LogP contribution in [0.3, 0.4) is 0 Å². The molecule has 4 rings (SSSR count). The van der Waals surface area contributed by atoms with Crippen molar-refractivity contribution in [2.24, 2.45) is 0 Å². The maximum absolute atomic E-state index is 14.5. The van der Waals surface area contributed by atoms with Gasteiger partial charge in [-0.2, -0.15) is 0 Å². The van der Waals surface area contributed by atoms with Crippen molar-refractivity contribution in [2.45, 2.75) is 40.2 Å². The van der Waals surface area contributed by atoms with Crippen molar-refractivity contribution < 1.29 is 18.7 Å². The van der Waals surface area contributed by atoms with Crippen LogP contribution in [-0.2, 0) is 11.2 Å². The monoisotopic (exact) mass is 433 g/mol. The lowest BCUT2D eigenvalue weighted by molar-refractivity contribution is -0.118. The molecule has 0 unspecified atom stereocenters. The molecule has 1 amide bonds. The van der Waals surface area contributed by atoms with E-state index in [-0.39, 0.29) is 18.1 Å². The zero-order chi connectivity index (χ0) is 22.8. The quantitative estimate of drug-likeness (QED) is 0.484. The minimum Gasteiger partial charge on any atom is -0.490 e. The van der Waals surface area contributed by atoms with Crippen molar-refractivity contribution in [3.8, 4) is 11.5 Å². The van der Waals surface area contributed by atoms with E-state index in [1.165, 1.54) is 6.07 Å². The van der Waals surface area contributed by atoms with E-state index in [0.717, 1.165) is 22.3 Å². The lowest BCUT2D eigenvalue weighted by atomic mass is 9.86. The molecule has 1 heterocycles. The highest BCUT2D eigenvalue weighted by molar-refractivity contribution is 5.98. The number of carbonyl (C=O) groups excluding carboxylic acids is 1. The van der Waals surface area contributed by atoms with Crippen LogP contribution >= 0.6 is 0 Å². The summed E-state index contributed by atoms with van der Waals surface area (Å²) in [5.74, 6) is 0.874. The maximum atomic E-state index is 14.5. The molecule has 166 valence electrons. The molecule has 0 N–H and O–H groups in total. The van der Waals surface area contributed by atoms with Crippen molar-refractivity contribution in [1.29, 1.82) is 0 Å². The van der Waals surface area contributed by atoms with Crippen molar-refractivity contribution in [3.05, 3.63) is 88.2 Å². The molecule has 0 saturated heterocycles. The molecule has 4 nitrogen and oxygen atoms in total. The highest BCUT2D eigenvalue weighted by atomic mass is 19.1. The van der Waals surface area contributed by atoms with E-state index in [0.29, 0.717) is 36.0 Å². The molecule has 0 aliphatic carbocycles. The fourth-order valence-corrected chi connectivity index (χ4v) is 4.29. The minimum absolute atomic E-state index is 0.0844. The number of amides is 1. The molecule has 1 aliphatic rings. The molecular formula is C27H28FNO3. The van der Waals surface area contributed by atoms with Gasteiger partial charge in [-0.1, -0.05) is 35.9 Å². The fraction of sp³-hybridized carbons (Fsp3) is 0.296. The summed E-state index contributed by atoms with van der Waals surface area (Å²) >= 11 is 0. The van der Waals surface area contributed by atoms with Gasteiger partial charge in [-0.3, -0.25) is 4.79 Å². The molecule has 3 aromatic rings. The molecule has 1 atom stereocenters. The number of rotatable bonds is 6. The third-order valence-electron chi connectivity index (χ3n) is 5.76. The first-order valence-corrected chi connectivity index (χ1v) is 11.0. The summed E-state index contributed by atoms with van der Waals surface area (Å²) in [6, 6.07) is 16.5. The van der Waals surface area contributed by atoms with Crippen molar-refractivity contribution >= 4 is 11.6 Å². The van der Waals surface area contributed by atoms with Gasteiger partial charge in [-0.15, -0.1) is 0 Å². The van der Waals surface area contributed by atoms with Crippen molar-refractivity contribution in [2.75, 3.05) is 18.1 Å². The SMILES string of the molecule is CCOc1cc2c(cc1OCC)[C@H](c1cccc(C)c1)N(c1ccc(C)c(F)c1)C(=O)C2. The molecule has 0 bridgehead atoms. The summed E-state index contributed by atoms with van der Waals surface area (Å²) < 4.78 is 26.1. The Morgan fingerprint density at radius 2 is 1.69 bits per heavy atom. The predicted molar refractivity (Wildman–Crippen MR) is 124 cm³/mol. The fourth-order valence-electron chi connectivity index (χ4n) is 4.29. The van der Waals surface area contributed by atoms with Crippen LogP contribution in [0.2, 0.25) is 0 Å². The predicted octanol–water partition coefficient (Wildman–Crippen LogP) is 5.92. The summed E-state index contributed by atoms with van der Waals surface area (Å²) in [5, 5.41) is 0. The summed E-state index contributed by atoms with van der Waals surface area (Å²) in [5.41, 5.74) is 5.01. The lowest BCUT2D eigenvalue weighted by Crippen LogP contribution is -2.41. The Morgan fingerprint density at radius 3 is 2.34 bits per heavy atom. The first-order valence-electron chi connectivity index (χ1n) is 11.0. The maximum Gasteiger partial charge on any atom is 0.232 e. The minimum atomic E-state index is -0.400. The van der Waals surface area contributed by atoms with E-state index in [1.807, 2.05) is 57.2 Å². The average molecular weight is 434 g/mol. The number of hydrogen-bond acceptors (Lipinski definition) is 3. The van der Waals surface area contributed by atoms with Gasteiger partial charge in [0, 0.05) is 5.69 Å². The van der Waals surface area contributed by atoms with E-state index in [1.54, 1.807) is 17.9 Å². The Kier molecular flexibility index (Phi) is 6.17. The number of fused-ring (bicyclic) bond motifs is 1. The molecule has 5 heteroatoms. The number of aryl methyl sites for hydroxylation is 2. The number of halogens is 1. The van der Waals surface area contributed by atoms with E-state index in [2.05, 4.69) is 6.07 Å². The Balaban J connectivity index is 1.94. The zero-order valence-electron chi connectivity index (χ0n) is 18.9. The summed E-state index contributed by atoms with van der Waals surface area (Å²) in [6.45, 7) is 8.59. The molecule has 32 heavy (non-hydrogen) atoms. The molecule has 1 aliphatic heterocycles. The second-order valence-corrected chi connectivity index (χ2v) is 8.05. The Hall–Kier alpha value is -3.34. The van der Waals surface area contributed by atoms with Gasteiger partial charge in [0.1, 0.15) is 5.82 Å². The number of carbonyl (C=O) groups is 1. The summed E-state index contributed by atoms with van der Waals surface area (Å²) in [7, 11) is 0. The molecule has 3 aromatic carbocycles. The molecule has 0 saturated carbocycles. The third-order valence-corrected chi connectivity index (χ3v) is 5.76. The van der Waals surface area contributed by atoms with Crippen molar-refractivity contribution in [3.63, 3.8) is 0 Å². The molecule has 0 aromatic heterocycles. The van der Waals surface area contributed by atoms with E-state index < -0.39 is 6.04 Å². The molecule has 0 fully saturated rings. The first kappa shape index (κ1) is 21.9. The summed E-state index contributed by atoms with van der Waals surface area (Å²) in [4.78, 5) is 15.1. The number of hydrogen-bond donors (Lipinski definition) is 0. The van der Waals surface area contributed by atoms with Crippen LogP contribution in [0.1, 0.15) is 47.7 Å². The average Bonchev–Trinajstić information content (AvgIpc) is 2.76. The number of nitrogens with zero attached hydrogens (tertiary/aromatic N) is 1. The van der Waals surface area contributed by atoms with E-state index >= 15 is 0 Å². The largest absolute Gasteiger partial charge is 0.490 e. The number of benzene rings is 3. The van der Waals surface area contributed by atoms with Gasteiger partial charge in [0.15, 0.2) is 11.5 Å². The standard InChI is InChI=1S/C27H28FNO3/c1-5-31-24-13-20-14-26(30)29(21-11-10-18(4)23(28)15-21)27(19-9-7-8-17(3)12-19)22(20)16-25(24)32-6-2/h7-13,15-16,27H,5-6,14H2,1-4H3/t27-/m0/s1. The Bertz CT molecular complexity index is 1160. The van der Waals surface area contributed by atoms with E-state index in [4.69, 9.17) is 9.47 Å². The van der Waals surface area contributed by atoms with Gasteiger partial charge in [0.25, 0.3) is 0 Å². The highest BCUT2D eigenvalue weighted by Crippen LogP contribution is 2.43. The van der Waals surface area contributed by atoms with Crippen LogP contribution in [-0.4, -0.2) is 19.1 Å². The second-order valence-electron chi connectivity index (χ2n) is 8.05. The van der Waals surface area contributed by atoms with Gasteiger partial charge in [-0.05, 0) is 74.2 Å². The van der Waals surface area contributed by atoms with Crippen molar-refractivity contribution in [1.82, 2.24) is 0 Å². The van der Waals surface area contributed by atoms with Gasteiger partial charge >= 0.3 is 0 Å². The first-order chi connectivity index (χ1) is 15.4. The lowest BCUT2D eigenvalue weighted by Gasteiger charge is -2.38. The van der Waals surface area contributed by atoms with Gasteiger partial charge in [0.05, 0.1) is 25.7 Å². The van der Waals surface area contributed by atoms with Crippen LogP contribution in [0, 0.1) is 19.7 Å². The molecule has 0 radical (unpaired) electrons. The van der Waals surface area contributed by atoms with Crippen LogP contribution in [0.15, 0.2) is 54.6 Å². The van der Waals surface area contributed by atoms with Crippen LogP contribution in [0.4, 0.5) is 10.1 Å². The van der Waals surface area contributed by atoms with Crippen LogP contribution in [0.25, 0.3) is 0 Å². The smallest absolute Gasteiger partial charge is 0.232 e. The normalized spacial score (nSPS) is 15.5. The van der Waals surface area contributed by atoms with Crippen LogP contribution in [0.5, 0.6) is 11.5 Å². The topological polar surface area (TPSA) is 38.8 Å². The Morgan fingerprint density at radius 1 is 0.969 bits per heavy atom. The highest BCUT2D eigenvalue weighted by Gasteiger charge is 2.36. The van der Waals surface area contributed by atoms with Gasteiger partial charge < -0.3 is 14.4 Å². The van der Waals surface area contributed by atoms with Crippen LogP contribution < -0.4 is 14.4 Å². The number of anilines is 1.